The first-order valence-corrected chi connectivity index (χ1v) is 12.0. The Morgan fingerprint density at radius 1 is 0.815 bits per heavy atom. The fraction of sp³-hybridized carbons (Fsp3) is 0.958. The molecule has 3 nitrogen and oxygen atoms in total. The van der Waals surface area contributed by atoms with Crippen molar-refractivity contribution in [2.24, 2.45) is 23.7 Å². The van der Waals surface area contributed by atoms with Crippen molar-refractivity contribution in [3.8, 4) is 0 Å². The average molecular weight is 379 g/mol. The number of carbonyl (C=O) groups excluding carboxylic acids is 1. The number of unbranched alkanes of at least 4 members (excludes halogenated alkanes) is 1. The molecule has 0 bridgehead atoms. The zero-order valence-corrected chi connectivity index (χ0v) is 17.8. The molecule has 156 valence electrons. The van der Waals surface area contributed by atoms with Crippen LogP contribution in [0.5, 0.6) is 0 Å². The number of rotatable bonds is 8. The summed E-state index contributed by atoms with van der Waals surface area (Å²) in [4.78, 5) is 12.5. The Morgan fingerprint density at radius 2 is 1.44 bits per heavy atom. The van der Waals surface area contributed by atoms with Gasteiger partial charge in [-0.25, -0.2) is 0 Å². The molecule has 3 aliphatic rings. The van der Waals surface area contributed by atoms with Crippen LogP contribution < -0.4 is 0 Å². The lowest BCUT2D eigenvalue weighted by Gasteiger charge is -2.40. The summed E-state index contributed by atoms with van der Waals surface area (Å²) in [6.07, 6.45) is 17.9. The number of cyclic esters (lactones) is 1. The maximum absolute atomic E-state index is 12.5. The van der Waals surface area contributed by atoms with E-state index in [0.717, 1.165) is 44.1 Å². The summed E-state index contributed by atoms with van der Waals surface area (Å²) in [5.41, 5.74) is 0. The van der Waals surface area contributed by atoms with Crippen LogP contribution in [0, 0.1) is 23.7 Å². The lowest BCUT2D eigenvalue weighted by molar-refractivity contribution is -0.164. The molecule has 1 heterocycles. The van der Waals surface area contributed by atoms with Gasteiger partial charge in [-0.1, -0.05) is 26.7 Å². The summed E-state index contributed by atoms with van der Waals surface area (Å²) in [6.45, 7) is 5.35. The lowest BCUT2D eigenvalue weighted by atomic mass is 9.67. The van der Waals surface area contributed by atoms with E-state index in [2.05, 4.69) is 13.8 Å². The molecule has 0 N–H and O–H groups in total. The fourth-order valence-corrected chi connectivity index (χ4v) is 5.89. The maximum atomic E-state index is 12.5. The minimum absolute atomic E-state index is 0.118. The van der Waals surface area contributed by atoms with Gasteiger partial charge in [-0.05, 0) is 94.8 Å². The molecule has 3 heteroatoms. The Balaban J connectivity index is 1.36. The molecule has 0 radical (unpaired) electrons. The first-order chi connectivity index (χ1) is 13.2. The normalized spacial score (nSPS) is 37.8. The zero-order chi connectivity index (χ0) is 19.1. The van der Waals surface area contributed by atoms with Crippen molar-refractivity contribution in [2.45, 2.75) is 116 Å². The monoisotopic (exact) mass is 378 g/mol. The molecule has 27 heavy (non-hydrogen) atoms. The SMILES string of the molecule is CCCCOC1CCC(C2CCC(C3CCC(CCC)OC3=O)CC2)CC1. The van der Waals surface area contributed by atoms with E-state index in [1.54, 1.807) is 0 Å². The third-order valence-electron chi connectivity index (χ3n) is 7.62. The van der Waals surface area contributed by atoms with E-state index in [-0.39, 0.29) is 18.0 Å². The Morgan fingerprint density at radius 3 is 2.04 bits per heavy atom. The van der Waals surface area contributed by atoms with Crippen LogP contribution >= 0.6 is 0 Å². The van der Waals surface area contributed by atoms with Crippen molar-refractivity contribution >= 4 is 5.97 Å². The van der Waals surface area contributed by atoms with Gasteiger partial charge in [-0.2, -0.15) is 0 Å². The molecule has 2 aliphatic carbocycles. The first-order valence-electron chi connectivity index (χ1n) is 12.0. The van der Waals surface area contributed by atoms with E-state index in [9.17, 15) is 4.79 Å². The second-order valence-electron chi connectivity index (χ2n) is 9.47. The van der Waals surface area contributed by atoms with Crippen molar-refractivity contribution in [1.82, 2.24) is 0 Å². The largest absolute Gasteiger partial charge is 0.462 e. The van der Waals surface area contributed by atoms with Gasteiger partial charge in [0, 0.05) is 6.61 Å². The highest BCUT2D eigenvalue weighted by Crippen LogP contribution is 2.44. The molecule has 1 saturated heterocycles. The Hall–Kier alpha value is -0.570. The molecule has 3 rings (SSSR count). The topological polar surface area (TPSA) is 35.5 Å². The van der Waals surface area contributed by atoms with E-state index in [4.69, 9.17) is 9.47 Å². The second kappa shape index (κ2) is 10.8. The summed E-state index contributed by atoms with van der Waals surface area (Å²) in [6, 6.07) is 0. The summed E-state index contributed by atoms with van der Waals surface area (Å²) in [7, 11) is 0. The third kappa shape index (κ3) is 5.95. The molecule has 3 fully saturated rings. The van der Waals surface area contributed by atoms with E-state index in [0.29, 0.717) is 12.0 Å². The van der Waals surface area contributed by atoms with Crippen LogP contribution in [-0.2, 0) is 14.3 Å². The molecule has 1 aliphatic heterocycles. The van der Waals surface area contributed by atoms with Crippen LogP contribution in [0.4, 0.5) is 0 Å². The third-order valence-corrected chi connectivity index (χ3v) is 7.62. The van der Waals surface area contributed by atoms with E-state index >= 15 is 0 Å². The molecule has 0 aromatic rings. The van der Waals surface area contributed by atoms with Crippen molar-refractivity contribution in [3.05, 3.63) is 0 Å². The number of ether oxygens (including phenoxy) is 2. The maximum Gasteiger partial charge on any atom is 0.309 e. The van der Waals surface area contributed by atoms with Gasteiger partial charge < -0.3 is 9.47 Å². The molecule has 2 unspecified atom stereocenters. The predicted octanol–water partition coefficient (Wildman–Crippen LogP) is 6.29. The highest BCUT2D eigenvalue weighted by Gasteiger charge is 2.39. The van der Waals surface area contributed by atoms with Gasteiger partial charge in [-0.15, -0.1) is 0 Å². The molecular weight excluding hydrogens is 336 g/mol. The van der Waals surface area contributed by atoms with Gasteiger partial charge in [0.15, 0.2) is 0 Å². The zero-order valence-electron chi connectivity index (χ0n) is 17.8. The molecule has 0 aromatic heterocycles. The first kappa shape index (κ1) is 21.1. The van der Waals surface area contributed by atoms with Crippen LogP contribution in [-0.4, -0.2) is 24.8 Å². The van der Waals surface area contributed by atoms with Gasteiger partial charge >= 0.3 is 5.97 Å². The standard InChI is InChI=1S/C24H42O3/c1-3-5-17-26-21-13-11-19(12-14-21)18-7-9-20(10-8-18)23-16-15-22(6-4-2)27-24(23)25/h18-23H,3-17H2,1-2H3. The van der Waals surface area contributed by atoms with Crippen LogP contribution in [0.25, 0.3) is 0 Å². The molecule has 0 spiro atoms. The summed E-state index contributed by atoms with van der Waals surface area (Å²) in [5, 5.41) is 0. The number of hydrogen-bond acceptors (Lipinski definition) is 3. The average Bonchev–Trinajstić information content (AvgIpc) is 2.69. The fourth-order valence-electron chi connectivity index (χ4n) is 5.89. The molecule has 2 saturated carbocycles. The second-order valence-corrected chi connectivity index (χ2v) is 9.47. The highest BCUT2D eigenvalue weighted by atomic mass is 16.5. The summed E-state index contributed by atoms with van der Waals surface area (Å²) in [5.74, 6) is 2.70. The van der Waals surface area contributed by atoms with Gasteiger partial charge in [-0.3, -0.25) is 4.79 Å². The van der Waals surface area contributed by atoms with Crippen molar-refractivity contribution < 1.29 is 14.3 Å². The van der Waals surface area contributed by atoms with Gasteiger partial charge in [0.2, 0.25) is 0 Å². The molecule has 0 aromatic carbocycles. The highest BCUT2D eigenvalue weighted by molar-refractivity contribution is 5.73. The van der Waals surface area contributed by atoms with Crippen LogP contribution in [0.1, 0.15) is 104 Å². The number of hydrogen-bond donors (Lipinski definition) is 0. The lowest BCUT2D eigenvalue weighted by Crippen LogP contribution is -2.37. The van der Waals surface area contributed by atoms with Gasteiger partial charge in [0.1, 0.15) is 6.10 Å². The molecule has 2 atom stereocenters. The van der Waals surface area contributed by atoms with E-state index in [1.165, 1.54) is 64.2 Å². The Labute approximate surface area is 167 Å². The Bertz CT molecular complexity index is 433. The quantitative estimate of drug-likeness (QED) is 0.368. The van der Waals surface area contributed by atoms with Gasteiger partial charge in [0.05, 0.1) is 12.0 Å². The molecular formula is C24H42O3. The van der Waals surface area contributed by atoms with Crippen LogP contribution in [0.2, 0.25) is 0 Å². The summed E-state index contributed by atoms with van der Waals surface area (Å²) >= 11 is 0. The summed E-state index contributed by atoms with van der Waals surface area (Å²) < 4.78 is 11.8. The van der Waals surface area contributed by atoms with Crippen molar-refractivity contribution in [1.29, 1.82) is 0 Å². The van der Waals surface area contributed by atoms with Crippen LogP contribution in [0.15, 0.2) is 0 Å². The smallest absolute Gasteiger partial charge is 0.309 e. The number of esters is 1. The van der Waals surface area contributed by atoms with Gasteiger partial charge in [0.25, 0.3) is 0 Å². The van der Waals surface area contributed by atoms with E-state index < -0.39 is 0 Å². The Kier molecular flexibility index (Phi) is 8.48. The van der Waals surface area contributed by atoms with Crippen molar-refractivity contribution in [3.63, 3.8) is 0 Å². The molecule has 0 amide bonds. The minimum Gasteiger partial charge on any atom is -0.462 e. The van der Waals surface area contributed by atoms with E-state index in [1.807, 2.05) is 0 Å². The number of carbonyl (C=O) groups is 1. The predicted molar refractivity (Wildman–Crippen MR) is 110 cm³/mol. The van der Waals surface area contributed by atoms with Crippen molar-refractivity contribution in [2.75, 3.05) is 6.61 Å². The van der Waals surface area contributed by atoms with Crippen LogP contribution in [0.3, 0.4) is 0 Å². The minimum atomic E-state index is 0.118.